The van der Waals surface area contributed by atoms with E-state index in [1.807, 2.05) is 24.3 Å². The molecule has 1 heterocycles. The Hall–Kier alpha value is -2.22. The molecular weight excluding hydrogens is 364 g/mol. The first-order valence-electron chi connectivity index (χ1n) is 8.92. The quantitative estimate of drug-likeness (QED) is 0.821. The van der Waals surface area contributed by atoms with Crippen molar-refractivity contribution >= 4 is 21.4 Å². The van der Waals surface area contributed by atoms with Gasteiger partial charge in [-0.1, -0.05) is 18.2 Å². The molecule has 0 spiro atoms. The van der Waals surface area contributed by atoms with E-state index < -0.39 is 9.84 Å². The van der Waals surface area contributed by atoms with Crippen LogP contribution in [0, 0.1) is 0 Å². The van der Waals surface area contributed by atoms with E-state index in [9.17, 15) is 13.2 Å². The predicted octanol–water partition coefficient (Wildman–Crippen LogP) is 2.22. The molecule has 1 amide bonds. The molecule has 1 aliphatic rings. The molecule has 7 heteroatoms. The number of ether oxygens (including phenoxy) is 1. The molecular formula is C20H24N2O4S. The fourth-order valence-corrected chi connectivity index (χ4v) is 3.60. The van der Waals surface area contributed by atoms with Crippen LogP contribution in [0.15, 0.2) is 53.4 Å². The molecule has 0 saturated carbocycles. The van der Waals surface area contributed by atoms with Gasteiger partial charge < -0.3 is 10.1 Å². The first-order chi connectivity index (χ1) is 12.9. The summed E-state index contributed by atoms with van der Waals surface area (Å²) in [4.78, 5) is 14.9. The minimum absolute atomic E-state index is 0.133. The van der Waals surface area contributed by atoms with Crippen LogP contribution in [-0.2, 0) is 21.0 Å². The van der Waals surface area contributed by atoms with Crippen molar-refractivity contribution in [1.82, 2.24) is 4.90 Å². The summed E-state index contributed by atoms with van der Waals surface area (Å²) in [6.07, 6.45) is 2.07. The van der Waals surface area contributed by atoms with Gasteiger partial charge in [0, 0.05) is 37.1 Å². The van der Waals surface area contributed by atoms with Crippen molar-refractivity contribution in [3.05, 3.63) is 59.7 Å². The largest absolute Gasteiger partial charge is 0.379 e. The van der Waals surface area contributed by atoms with Gasteiger partial charge in [-0.15, -0.1) is 0 Å². The van der Waals surface area contributed by atoms with Gasteiger partial charge in [0.25, 0.3) is 5.91 Å². The lowest BCUT2D eigenvalue weighted by molar-refractivity contribution is 0.0384. The fourth-order valence-electron chi connectivity index (χ4n) is 2.94. The molecule has 27 heavy (non-hydrogen) atoms. The number of hydrogen-bond acceptors (Lipinski definition) is 5. The van der Waals surface area contributed by atoms with E-state index in [1.165, 1.54) is 17.7 Å². The van der Waals surface area contributed by atoms with Crippen molar-refractivity contribution in [3.8, 4) is 0 Å². The second-order valence-electron chi connectivity index (χ2n) is 6.66. The summed E-state index contributed by atoms with van der Waals surface area (Å²) in [7, 11) is -3.34. The highest BCUT2D eigenvalue weighted by atomic mass is 32.2. The molecule has 1 fully saturated rings. The third-order valence-electron chi connectivity index (χ3n) is 4.56. The van der Waals surface area contributed by atoms with Crippen molar-refractivity contribution in [3.63, 3.8) is 0 Å². The summed E-state index contributed by atoms with van der Waals surface area (Å²) in [5.41, 5.74) is 2.20. The van der Waals surface area contributed by atoms with Crippen molar-refractivity contribution in [2.45, 2.75) is 11.3 Å². The Bertz CT molecular complexity index is 888. The second kappa shape index (κ2) is 8.65. The van der Waals surface area contributed by atoms with E-state index in [0.29, 0.717) is 11.3 Å². The molecule has 1 saturated heterocycles. The molecule has 2 aromatic rings. The minimum Gasteiger partial charge on any atom is -0.379 e. The highest BCUT2D eigenvalue weighted by Crippen LogP contribution is 2.15. The maximum Gasteiger partial charge on any atom is 0.255 e. The number of morpholine rings is 1. The van der Waals surface area contributed by atoms with Gasteiger partial charge in [0.15, 0.2) is 9.84 Å². The molecule has 6 nitrogen and oxygen atoms in total. The molecule has 0 atom stereocenters. The van der Waals surface area contributed by atoms with Gasteiger partial charge in [0.1, 0.15) is 0 Å². The third-order valence-corrected chi connectivity index (χ3v) is 5.67. The highest BCUT2D eigenvalue weighted by Gasteiger charge is 2.12. The SMILES string of the molecule is CS(=O)(=O)c1cccc(C(=O)Nc2ccc(CCN3CCOCC3)cc2)c1. The predicted molar refractivity (Wildman–Crippen MR) is 105 cm³/mol. The van der Waals surface area contributed by atoms with Crippen molar-refractivity contribution in [1.29, 1.82) is 0 Å². The number of sulfone groups is 1. The van der Waals surface area contributed by atoms with Gasteiger partial charge in [-0.2, -0.15) is 0 Å². The lowest BCUT2D eigenvalue weighted by Crippen LogP contribution is -2.37. The zero-order valence-electron chi connectivity index (χ0n) is 15.3. The molecule has 2 aromatic carbocycles. The monoisotopic (exact) mass is 388 g/mol. The van der Waals surface area contributed by atoms with Gasteiger partial charge in [-0.3, -0.25) is 9.69 Å². The number of carbonyl (C=O) groups is 1. The van der Waals surface area contributed by atoms with Gasteiger partial charge in [-0.05, 0) is 42.3 Å². The Morgan fingerprint density at radius 3 is 2.48 bits per heavy atom. The number of nitrogens with one attached hydrogen (secondary N) is 1. The average molecular weight is 388 g/mol. The van der Waals surface area contributed by atoms with Crippen LogP contribution in [-0.4, -0.2) is 58.3 Å². The third kappa shape index (κ3) is 5.63. The van der Waals surface area contributed by atoms with E-state index >= 15 is 0 Å². The number of rotatable bonds is 6. The Morgan fingerprint density at radius 2 is 1.81 bits per heavy atom. The molecule has 0 unspecified atom stereocenters. The smallest absolute Gasteiger partial charge is 0.255 e. The number of hydrogen-bond donors (Lipinski definition) is 1. The van der Waals surface area contributed by atoms with Crippen LogP contribution in [0.3, 0.4) is 0 Å². The Labute approximate surface area is 160 Å². The maximum atomic E-state index is 12.4. The van der Waals surface area contributed by atoms with Gasteiger partial charge >= 0.3 is 0 Å². The first-order valence-corrected chi connectivity index (χ1v) is 10.8. The molecule has 0 aliphatic carbocycles. The van der Waals surface area contributed by atoms with E-state index in [4.69, 9.17) is 4.74 Å². The Kier molecular flexibility index (Phi) is 6.26. The average Bonchev–Trinajstić information content (AvgIpc) is 2.68. The van der Waals surface area contributed by atoms with Crippen LogP contribution < -0.4 is 5.32 Å². The molecule has 1 aliphatic heterocycles. The molecule has 144 valence electrons. The first kappa shape index (κ1) is 19.5. The maximum absolute atomic E-state index is 12.4. The van der Waals surface area contributed by atoms with Crippen LogP contribution in [0.4, 0.5) is 5.69 Å². The second-order valence-corrected chi connectivity index (χ2v) is 8.67. The van der Waals surface area contributed by atoms with Gasteiger partial charge in [0.2, 0.25) is 0 Å². The summed E-state index contributed by atoms with van der Waals surface area (Å²) < 4.78 is 28.6. The molecule has 0 aromatic heterocycles. The standard InChI is InChI=1S/C20H24N2O4S/c1-27(24,25)19-4-2-3-17(15-19)20(23)21-18-7-5-16(6-8-18)9-10-22-11-13-26-14-12-22/h2-8,15H,9-14H2,1H3,(H,21,23). The minimum atomic E-state index is -3.34. The normalized spacial score (nSPS) is 15.4. The molecule has 3 rings (SSSR count). The van der Waals surface area contributed by atoms with E-state index in [0.717, 1.165) is 45.5 Å². The van der Waals surface area contributed by atoms with Gasteiger partial charge in [0.05, 0.1) is 18.1 Å². The van der Waals surface area contributed by atoms with Crippen LogP contribution in [0.1, 0.15) is 15.9 Å². The summed E-state index contributed by atoms with van der Waals surface area (Å²) in [6, 6.07) is 13.8. The fraction of sp³-hybridized carbons (Fsp3) is 0.350. The van der Waals surface area contributed by atoms with Crippen LogP contribution in [0.25, 0.3) is 0 Å². The lowest BCUT2D eigenvalue weighted by atomic mass is 10.1. The van der Waals surface area contributed by atoms with Crippen molar-refractivity contribution in [2.75, 3.05) is 44.4 Å². The number of amides is 1. The van der Waals surface area contributed by atoms with Crippen molar-refractivity contribution in [2.24, 2.45) is 0 Å². The van der Waals surface area contributed by atoms with E-state index in [2.05, 4.69) is 10.2 Å². The number of anilines is 1. The topological polar surface area (TPSA) is 75.7 Å². The molecule has 1 N–H and O–H groups in total. The number of nitrogens with zero attached hydrogens (tertiary/aromatic N) is 1. The summed E-state index contributed by atoms with van der Waals surface area (Å²) >= 11 is 0. The molecule has 0 bridgehead atoms. The summed E-state index contributed by atoms with van der Waals surface area (Å²) in [5, 5.41) is 2.81. The van der Waals surface area contributed by atoms with E-state index in [-0.39, 0.29) is 10.8 Å². The summed E-state index contributed by atoms with van der Waals surface area (Å²) in [6.45, 7) is 4.53. The molecule has 0 radical (unpaired) electrons. The van der Waals surface area contributed by atoms with Gasteiger partial charge in [-0.25, -0.2) is 8.42 Å². The lowest BCUT2D eigenvalue weighted by Gasteiger charge is -2.26. The van der Waals surface area contributed by atoms with Crippen molar-refractivity contribution < 1.29 is 17.9 Å². The number of carbonyl (C=O) groups excluding carboxylic acids is 1. The zero-order chi connectivity index (χ0) is 19.3. The Balaban J connectivity index is 1.58. The Morgan fingerprint density at radius 1 is 1.11 bits per heavy atom. The number of benzene rings is 2. The van der Waals surface area contributed by atoms with Crippen LogP contribution in [0.2, 0.25) is 0 Å². The van der Waals surface area contributed by atoms with E-state index in [1.54, 1.807) is 12.1 Å². The van der Waals surface area contributed by atoms with Crippen LogP contribution >= 0.6 is 0 Å². The zero-order valence-corrected chi connectivity index (χ0v) is 16.2. The van der Waals surface area contributed by atoms with Crippen LogP contribution in [0.5, 0.6) is 0 Å². The highest BCUT2D eigenvalue weighted by molar-refractivity contribution is 7.90. The summed E-state index contributed by atoms with van der Waals surface area (Å²) in [5.74, 6) is -0.332.